The highest BCUT2D eigenvalue weighted by Crippen LogP contribution is 2.17. The van der Waals surface area contributed by atoms with Crippen molar-refractivity contribution in [2.24, 2.45) is 5.73 Å². The number of primary amides is 1. The second kappa shape index (κ2) is 5.40. The number of amides is 2. The summed E-state index contributed by atoms with van der Waals surface area (Å²) < 4.78 is 0. The van der Waals surface area contributed by atoms with E-state index in [1.54, 1.807) is 18.3 Å². The van der Waals surface area contributed by atoms with Gasteiger partial charge in [-0.3, -0.25) is 9.59 Å². The van der Waals surface area contributed by atoms with Crippen molar-refractivity contribution in [2.75, 3.05) is 0 Å². The van der Waals surface area contributed by atoms with Crippen molar-refractivity contribution in [1.29, 1.82) is 0 Å². The van der Waals surface area contributed by atoms with Crippen LogP contribution < -0.4 is 11.1 Å². The van der Waals surface area contributed by atoms with Gasteiger partial charge in [0.2, 0.25) is 5.91 Å². The highest BCUT2D eigenvalue weighted by molar-refractivity contribution is 5.97. The van der Waals surface area contributed by atoms with Gasteiger partial charge in [-0.05, 0) is 45.0 Å². The fourth-order valence-electron chi connectivity index (χ4n) is 1.93. The Morgan fingerprint density at radius 3 is 2.24 bits per heavy atom. The lowest BCUT2D eigenvalue weighted by Crippen LogP contribution is -2.41. The fourth-order valence-corrected chi connectivity index (χ4v) is 1.93. The smallest absolute Gasteiger partial charge is 0.252 e. The van der Waals surface area contributed by atoms with Crippen LogP contribution in [0.1, 0.15) is 46.1 Å². The molecule has 0 saturated carbocycles. The van der Waals surface area contributed by atoms with Crippen molar-refractivity contribution < 1.29 is 9.59 Å². The first-order valence-electron chi connectivity index (χ1n) is 6.54. The monoisotopic (exact) mass is 286 g/mol. The number of carbonyl (C=O) groups is 2. The topological polar surface area (TPSA) is 101 Å². The van der Waals surface area contributed by atoms with Gasteiger partial charge >= 0.3 is 0 Å². The normalized spacial score (nSPS) is 11.2. The molecule has 0 aliphatic carbocycles. The zero-order valence-electron chi connectivity index (χ0n) is 12.2. The number of carbonyl (C=O) groups excluding carboxylic acids is 2. The molecule has 2 aromatic rings. The lowest BCUT2D eigenvalue weighted by atomic mass is 10.0. The summed E-state index contributed by atoms with van der Waals surface area (Å²) in [5, 5.41) is 2.90. The van der Waals surface area contributed by atoms with E-state index in [0.717, 1.165) is 5.69 Å². The number of aromatic nitrogens is 2. The largest absolute Gasteiger partial charge is 0.366 e. The number of rotatable bonds is 4. The molecule has 0 aliphatic heterocycles. The third kappa shape index (κ3) is 3.28. The van der Waals surface area contributed by atoms with Gasteiger partial charge in [-0.25, -0.2) is 4.98 Å². The van der Waals surface area contributed by atoms with E-state index in [2.05, 4.69) is 15.3 Å². The van der Waals surface area contributed by atoms with Crippen molar-refractivity contribution in [3.05, 3.63) is 53.1 Å². The summed E-state index contributed by atoms with van der Waals surface area (Å²) in [4.78, 5) is 30.6. The standard InChI is InChI=1S/C15H18N4O2/c1-9-8-17-14(18-9)15(2,3)19-13(21)11-6-4-10(5-7-11)12(16)20/h4-8H,1-3H3,(H2,16,20)(H,17,18)(H,19,21). The first-order chi connectivity index (χ1) is 9.79. The van der Waals surface area contributed by atoms with Crippen LogP contribution in [0.5, 0.6) is 0 Å². The summed E-state index contributed by atoms with van der Waals surface area (Å²) in [5.74, 6) is -0.0828. The molecule has 6 heteroatoms. The molecule has 1 heterocycles. The number of hydrogen-bond donors (Lipinski definition) is 3. The maximum absolute atomic E-state index is 12.3. The number of nitrogens with one attached hydrogen (secondary N) is 2. The van der Waals surface area contributed by atoms with Crippen LogP contribution in [0.25, 0.3) is 0 Å². The number of aromatic amines is 1. The molecule has 0 bridgehead atoms. The summed E-state index contributed by atoms with van der Waals surface area (Å²) in [6.45, 7) is 5.62. The van der Waals surface area contributed by atoms with E-state index in [0.29, 0.717) is 17.0 Å². The zero-order valence-corrected chi connectivity index (χ0v) is 12.2. The summed E-state index contributed by atoms with van der Waals surface area (Å²) in [6, 6.07) is 6.19. The fraction of sp³-hybridized carbons (Fsp3) is 0.267. The molecule has 0 atom stereocenters. The van der Waals surface area contributed by atoms with E-state index in [1.807, 2.05) is 20.8 Å². The number of aryl methyl sites for hydroxylation is 1. The summed E-state index contributed by atoms with van der Waals surface area (Å²) in [5.41, 5.74) is 6.29. The Kier molecular flexibility index (Phi) is 3.80. The maximum Gasteiger partial charge on any atom is 0.252 e. The molecule has 21 heavy (non-hydrogen) atoms. The summed E-state index contributed by atoms with van der Waals surface area (Å²) >= 11 is 0. The summed E-state index contributed by atoms with van der Waals surface area (Å²) in [6.07, 6.45) is 1.71. The van der Waals surface area contributed by atoms with Crippen LogP contribution in [0, 0.1) is 6.92 Å². The molecule has 1 aromatic carbocycles. The number of hydrogen-bond acceptors (Lipinski definition) is 3. The number of nitrogens with two attached hydrogens (primary N) is 1. The third-order valence-corrected chi connectivity index (χ3v) is 3.15. The number of nitrogens with zero attached hydrogens (tertiary/aromatic N) is 1. The van der Waals surface area contributed by atoms with Gasteiger partial charge in [-0.1, -0.05) is 0 Å². The number of benzene rings is 1. The van der Waals surface area contributed by atoms with Crippen LogP contribution >= 0.6 is 0 Å². The molecule has 0 fully saturated rings. The second-order valence-electron chi connectivity index (χ2n) is 5.44. The first kappa shape index (κ1) is 14.8. The van der Waals surface area contributed by atoms with E-state index in [-0.39, 0.29) is 5.91 Å². The maximum atomic E-state index is 12.3. The number of imidazole rings is 1. The third-order valence-electron chi connectivity index (χ3n) is 3.15. The lowest BCUT2D eigenvalue weighted by Gasteiger charge is -2.24. The van der Waals surface area contributed by atoms with Crippen LogP contribution in [-0.4, -0.2) is 21.8 Å². The highest BCUT2D eigenvalue weighted by atomic mass is 16.2. The molecule has 0 aliphatic rings. The Labute approximate surface area is 122 Å². The van der Waals surface area contributed by atoms with Crippen molar-refractivity contribution in [2.45, 2.75) is 26.3 Å². The average molecular weight is 286 g/mol. The Morgan fingerprint density at radius 2 is 1.76 bits per heavy atom. The van der Waals surface area contributed by atoms with Gasteiger partial charge in [0, 0.05) is 23.0 Å². The Balaban J connectivity index is 2.15. The van der Waals surface area contributed by atoms with Gasteiger partial charge in [-0.2, -0.15) is 0 Å². The van der Waals surface area contributed by atoms with E-state index in [1.165, 1.54) is 12.1 Å². The quantitative estimate of drug-likeness (QED) is 0.793. The van der Waals surface area contributed by atoms with Gasteiger partial charge < -0.3 is 16.0 Å². The molecule has 0 saturated heterocycles. The zero-order chi connectivity index (χ0) is 15.6. The molecule has 110 valence electrons. The molecule has 4 N–H and O–H groups in total. The predicted molar refractivity (Wildman–Crippen MR) is 78.8 cm³/mol. The lowest BCUT2D eigenvalue weighted by molar-refractivity contribution is 0.0907. The molecule has 0 unspecified atom stereocenters. The first-order valence-corrected chi connectivity index (χ1v) is 6.54. The average Bonchev–Trinajstić information content (AvgIpc) is 2.86. The minimum atomic E-state index is -0.631. The van der Waals surface area contributed by atoms with Gasteiger partial charge in [0.25, 0.3) is 5.91 Å². The van der Waals surface area contributed by atoms with E-state index in [4.69, 9.17) is 5.73 Å². The van der Waals surface area contributed by atoms with Gasteiger partial charge in [0.15, 0.2) is 0 Å². The van der Waals surface area contributed by atoms with E-state index < -0.39 is 11.4 Å². The molecular weight excluding hydrogens is 268 g/mol. The highest BCUT2D eigenvalue weighted by Gasteiger charge is 2.26. The molecule has 0 spiro atoms. The Hall–Kier alpha value is -2.63. The van der Waals surface area contributed by atoms with Gasteiger partial charge in [0.1, 0.15) is 5.82 Å². The molecule has 2 rings (SSSR count). The van der Waals surface area contributed by atoms with Crippen LogP contribution in [-0.2, 0) is 5.54 Å². The second-order valence-corrected chi connectivity index (χ2v) is 5.44. The summed E-state index contributed by atoms with van der Waals surface area (Å²) in [7, 11) is 0. The SMILES string of the molecule is Cc1cnc(C(C)(C)NC(=O)c2ccc(C(N)=O)cc2)[nH]1. The number of H-pyrrole nitrogens is 1. The van der Waals surface area contributed by atoms with Crippen LogP contribution in [0.15, 0.2) is 30.5 Å². The van der Waals surface area contributed by atoms with Crippen LogP contribution in [0.3, 0.4) is 0 Å². The van der Waals surface area contributed by atoms with Crippen molar-refractivity contribution in [3.8, 4) is 0 Å². The van der Waals surface area contributed by atoms with Crippen LogP contribution in [0.4, 0.5) is 0 Å². The van der Waals surface area contributed by atoms with Crippen molar-refractivity contribution >= 4 is 11.8 Å². The van der Waals surface area contributed by atoms with E-state index in [9.17, 15) is 9.59 Å². The molecule has 2 amide bonds. The Bertz CT molecular complexity index is 671. The molecule has 6 nitrogen and oxygen atoms in total. The van der Waals surface area contributed by atoms with Crippen molar-refractivity contribution in [3.63, 3.8) is 0 Å². The van der Waals surface area contributed by atoms with Crippen LogP contribution in [0.2, 0.25) is 0 Å². The molecular formula is C15H18N4O2. The minimum absolute atomic E-state index is 0.245. The molecule has 0 radical (unpaired) electrons. The minimum Gasteiger partial charge on any atom is -0.366 e. The molecule has 1 aromatic heterocycles. The van der Waals surface area contributed by atoms with E-state index >= 15 is 0 Å². The van der Waals surface area contributed by atoms with Gasteiger partial charge in [-0.15, -0.1) is 0 Å². The predicted octanol–water partition coefficient (Wildman–Crippen LogP) is 1.48. The Morgan fingerprint density at radius 1 is 1.19 bits per heavy atom. The van der Waals surface area contributed by atoms with Gasteiger partial charge in [0.05, 0.1) is 5.54 Å². The van der Waals surface area contributed by atoms with Crippen molar-refractivity contribution in [1.82, 2.24) is 15.3 Å².